The summed E-state index contributed by atoms with van der Waals surface area (Å²) < 4.78 is 44.5. The first-order valence-corrected chi connectivity index (χ1v) is 14.2. The van der Waals surface area contributed by atoms with Crippen LogP contribution in [0.5, 0.6) is 0 Å². The lowest BCUT2D eigenvalue weighted by Gasteiger charge is -2.21. The Kier molecular flexibility index (Phi) is 6.25. The summed E-state index contributed by atoms with van der Waals surface area (Å²) in [6, 6.07) is 8.94. The lowest BCUT2D eigenvalue weighted by atomic mass is 10.1. The highest BCUT2D eigenvalue weighted by atomic mass is 32.2. The van der Waals surface area contributed by atoms with Crippen molar-refractivity contribution in [2.75, 3.05) is 16.3 Å². The number of nitrogens with zero attached hydrogens (tertiary/aromatic N) is 3. The minimum absolute atomic E-state index is 0.0589. The first-order chi connectivity index (χ1) is 18.3. The minimum atomic E-state index is -3.54. The number of pyridine rings is 1. The SMILES string of the molecule is Cc1ccc(Nc2c3c(=O)n(C4CC4)c(=O)n(-c4ccc(NS(C)(=O)=O)c(C)c4)c3c(C)c(=O)n2C)c(F)c1. The Labute approximate surface area is 223 Å². The number of aromatic nitrogens is 3. The molecule has 0 atom stereocenters. The molecule has 5 rings (SSSR count). The number of aryl methyl sites for hydroxylation is 3. The van der Waals surface area contributed by atoms with Crippen molar-refractivity contribution in [3.05, 3.63) is 90.1 Å². The number of sulfonamides is 1. The van der Waals surface area contributed by atoms with Gasteiger partial charge in [-0.3, -0.25) is 28.0 Å². The second kappa shape index (κ2) is 9.23. The number of nitrogens with one attached hydrogen (secondary N) is 2. The maximum Gasteiger partial charge on any atom is 0.336 e. The number of rotatable bonds is 6. The molecule has 0 aliphatic heterocycles. The number of fused-ring (bicyclic) bond motifs is 1. The van der Waals surface area contributed by atoms with Crippen LogP contribution < -0.4 is 26.8 Å². The average Bonchev–Trinajstić information content (AvgIpc) is 3.67. The number of hydrogen-bond acceptors (Lipinski definition) is 6. The minimum Gasteiger partial charge on any atom is -0.338 e. The molecule has 0 bridgehead atoms. The van der Waals surface area contributed by atoms with E-state index in [4.69, 9.17) is 0 Å². The van der Waals surface area contributed by atoms with E-state index in [0.717, 1.165) is 6.26 Å². The molecule has 1 aliphatic rings. The topological polar surface area (TPSA) is 124 Å². The van der Waals surface area contributed by atoms with Crippen molar-refractivity contribution < 1.29 is 12.8 Å². The summed E-state index contributed by atoms with van der Waals surface area (Å²) >= 11 is 0. The van der Waals surface area contributed by atoms with E-state index in [-0.39, 0.29) is 34.0 Å². The smallest absolute Gasteiger partial charge is 0.336 e. The maximum absolute atomic E-state index is 14.8. The van der Waals surface area contributed by atoms with Crippen molar-refractivity contribution in [3.63, 3.8) is 0 Å². The van der Waals surface area contributed by atoms with E-state index in [0.29, 0.717) is 35.3 Å². The standard InChI is InChI=1S/C27H28FN5O5S/c1-14-6-10-21(19(28)12-14)29-24-22-23(16(3)25(34)31(24)4)32(27(36)33(26(22)35)17-7-8-17)18-9-11-20(15(2)13-18)30-39(5,37)38/h6,9-13,17,29-30H,7-8H2,1-5H3. The summed E-state index contributed by atoms with van der Waals surface area (Å²) in [4.78, 5) is 41.1. The van der Waals surface area contributed by atoms with Gasteiger partial charge in [0.25, 0.3) is 11.1 Å². The maximum atomic E-state index is 14.8. The van der Waals surface area contributed by atoms with Gasteiger partial charge in [-0.1, -0.05) is 6.07 Å². The molecule has 0 saturated heterocycles. The van der Waals surface area contributed by atoms with Gasteiger partial charge >= 0.3 is 5.69 Å². The highest BCUT2D eigenvalue weighted by Crippen LogP contribution is 2.34. The summed E-state index contributed by atoms with van der Waals surface area (Å²) in [5, 5.41) is 3.00. The Balaban J connectivity index is 1.88. The highest BCUT2D eigenvalue weighted by molar-refractivity contribution is 7.92. The third kappa shape index (κ3) is 4.65. The third-order valence-electron chi connectivity index (χ3n) is 6.90. The van der Waals surface area contributed by atoms with E-state index < -0.39 is 32.6 Å². The Hall–Kier alpha value is -4.19. The Morgan fingerprint density at radius 1 is 0.949 bits per heavy atom. The predicted octanol–water partition coefficient (Wildman–Crippen LogP) is 3.37. The Morgan fingerprint density at radius 2 is 1.62 bits per heavy atom. The Morgan fingerprint density at radius 3 is 2.21 bits per heavy atom. The molecule has 39 heavy (non-hydrogen) atoms. The Bertz CT molecular complexity index is 1970. The highest BCUT2D eigenvalue weighted by Gasteiger charge is 2.31. The molecule has 12 heteroatoms. The molecular weight excluding hydrogens is 525 g/mol. The zero-order valence-electron chi connectivity index (χ0n) is 22.1. The molecule has 0 amide bonds. The fourth-order valence-electron chi connectivity index (χ4n) is 4.81. The summed E-state index contributed by atoms with van der Waals surface area (Å²) in [6.07, 6.45) is 2.34. The molecule has 1 fully saturated rings. The van der Waals surface area contributed by atoms with Crippen LogP contribution in [0.3, 0.4) is 0 Å². The van der Waals surface area contributed by atoms with Gasteiger partial charge in [-0.05, 0) is 75.1 Å². The molecule has 2 aromatic heterocycles. The quantitative estimate of drug-likeness (QED) is 0.377. The van der Waals surface area contributed by atoms with Gasteiger partial charge in [0.2, 0.25) is 10.0 Å². The third-order valence-corrected chi connectivity index (χ3v) is 7.49. The van der Waals surface area contributed by atoms with Crippen molar-refractivity contribution in [1.29, 1.82) is 0 Å². The molecule has 1 aliphatic carbocycles. The van der Waals surface area contributed by atoms with Crippen LogP contribution in [0.2, 0.25) is 0 Å². The van der Waals surface area contributed by atoms with Crippen LogP contribution in [0.1, 0.15) is 35.6 Å². The molecule has 10 nitrogen and oxygen atoms in total. The van der Waals surface area contributed by atoms with Gasteiger partial charge < -0.3 is 5.32 Å². The van der Waals surface area contributed by atoms with Crippen molar-refractivity contribution in [3.8, 4) is 5.69 Å². The summed E-state index contributed by atoms with van der Waals surface area (Å²) in [5.41, 5.74) is 0.594. The molecule has 4 aromatic rings. The zero-order chi connectivity index (χ0) is 28.4. The molecule has 0 radical (unpaired) electrons. The van der Waals surface area contributed by atoms with Crippen molar-refractivity contribution >= 4 is 38.1 Å². The van der Waals surface area contributed by atoms with Gasteiger partial charge in [-0.25, -0.2) is 17.6 Å². The van der Waals surface area contributed by atoms with Gasteiger partial charge in [-0.2, -0.15) is 0 Å². The second-order valence-electron chi connectivity index (χ2n) is 10.1. The van der Waals surface area contributed by atoms with Gasteiger partial charge in [0.15, 0.2) is 0 Å². The van der Waals surface area contributed by atoms with Crippen LogP contribution in [0.4, 0.5) is 21.6 Å². The van der Waals surface area contributed by atoms with E-state index in [2.05, 4.69) is 10.0 Å². The lowest BCUT2D eigenvalue weighted by molar-refractivity contribution is 0.606. The van der Waals surface area contributed by atoms with Gasteiger partial charge in [0.1, 0.15) is 17.0 Å². The lowest BCUT2D eigenvalue weighted by Crippen LogP contribution is -2.41. The van der Waals surface area contributed by atoms with Crippen LogP contribution >= 0.6 is 0 Å². The molecule has 2 N–H and O–H groups in total. The number of anilines is 3. The van der Waals surface area contributed by atoms with Gasteiger partial charge in [-0.15, -0.1) is 0 Å². The van der Waals surface area contributed by atoms with Gasteiger partial charge in [0.05, 0.1) is 28.8 Å². The number of halogens is 1. The molecular formula is C27H28FN5O5S. The number of benzene rings is 2. The van der Waals surface area contributed by atoms with Crippen LogP contribution in [-0.4, -0.2) is 28.4 Å². The first kappa shape index (κ1) is 26.4. The zero-order valence-corrected chi connectivity index (χ0v) is 22.9. The van der Waals surface area contributed by atoms with E-state index in [9.17, 15) is 27.2 Å². The summed E-state index contributed by atoms with van der Waals surface area (Å²) in [5.74, 6) is -0.500. The normalized spacial score (nSPS) is 13.6. The molecule has 204 valence electrons. The van der Waals surface area contributed by atoms with E-state index >= 15 is 0 Å². The summed E-state index contributed by atoms with van der Waals surface area (Å²) in [6.45, 7) is 4.96. The van der Waals surface area contributed by atoms with Crippen LogP contribution in [0.15, 0.2) is 50.8 Å². The van der Waals surface area contributed by atoms with Crippen LogP contribution in [-0.2, 0) is 17.1 Å². The van der Waals surface area contributed by atoms with Crippen molar-refractivity contribution in [2.24, 2.45) is 7.05 Å². The van der Waals surface area contributed by atoms with Gasteiger partial charge in [0, 0.05) is 18.7 Å². The van der Waals surface area contributed by atoms with Crippen LogP contribution in [0.25, 0.3) is 16.6 Å². The van der Waals surface area contributed by atoms with E-state index in [1.165, 1.54) is 45.9 Å². The monoisotopic (exact) mass is 553 g/mol. The summed E-state index contributed by atoms with van der Waals surface area (Å²) in [7, 11) is -2.06. The molecule has 0 unspecified atom stereocenters. The molecule has 2 heterocycles. The molecule has 1 saturated carbocycles. The average molecular weight is 554 g/mol. The molecule has 2 aromatic carbocycles. The van der Waals surface area contributed by atoms with Crippen LogP contribution in [0, 0.1) is 26.6 Å². The van der Waals surface area contributed by atoms with Crippen molar-refractivity contribution in [1.82, 2.24) is 13.7 Å². The predicted molar refractivity (Wildman–Crippen MR) is 150 cm³/mol. The fraction of sp³-hybridized carbons (Fsp3) is 0.296. The molecule has 0 spiro atoms. The first-order valence-electron chi connectivity index (χ1n) is 12.3. The fourth-order valence-corrected chi connectivity index (χ4v) is 5.43. The number of hydrogen-bond donors (Lipinski definition) is 2. The van der Waals surface area contributed by atoms with E-state index in [1.54, 1.807) is 32.0 Å². The van der Waals surface area contributed by atoms with E-state index in [1.807, 2.05) is 0 Å². The van der Waals surface area contributed by atoms with Crippen molar-refractivity contribution in [2.45, 2.75) is 39.7 Å². The second-order valence-corrected chi connectivity index (χ2v) is 11.8. The largest absolute Gasteiger partial charge is 0.338 e.